The SMILES string of the molecule is Cc1cccc(NC(=O)CN(CCN)C2CCCCC2)c1. The zero-order valence-electron chi connectivity index (χ0n) is 13.0. The summed E-state index contributed by atoms with van der Waals surface area (Å²) in [5, 5.41) is 2.99. The predicted molar refractivity (Wildman–Crippen MR) is 87.3 cm³/mol. The van der Waals surface area contributed by atoms with Gasteiger partial charge in [-0.1, -0.05) is 31.4 Å². The maximum Gasteiger partial charge on any atom is 0.238 e. The summed E-state index contributed by atoms with van der Waals surface area (Å²) in [7, 11) is 0. The fourth-order valence-corrected chi connectivity index (χ4v) is 3.11. The summed E-state index contributed by atoms with van der Waals surface area (Å²) in [6.07, 6.45) is 6.24. The van der Waals surface area contributed by atoms with Gasteiger partial charge >= 0.3 is 0 Å². The molecular weight excluding hydrogens is 262 g/mol. The lowest BCUT2D eigenvalue weighted by Crippen LogP contribution is -2.44. The number of anilines is 1. The minimum absolute atomic E-state index is 0.0552. The lowest BCUT2D eigenvalue weighted by atomic mass is 9.94. The van der Waals surface area contributed by atoms with Crippen LogP contribution in [0.3, 0.4) is 0 Å². The summed E-state index contributed by atoms with van der Waals surface area (Å²) in [4.78, 5) is 14.5. The van der Waals surface area contributed by atoms with Crippen LogP contribution in [-0.2, 0) is 4.79 Å². The van der Waals surface area contributed by atoms with Crippen molar-refractivity contribution >= 4 is 11.6 Å². The molecule has 0 aliphatic heterocycles. The van der Waals surface area contributed by atoms with Crippen LogP contribution in [0.15, 0.2) is 24.3 Å². The van der Waals surface area contributed by atoms with Crippen molar-refractivity contribution in [2.75, 3.05) is 25.0 Å². The Labute approximate surface area is 127 Å². The Hall–Kier alpha value is -1.39. The molecular formula is C17H27N3O. The highest BCUT2D eigenvalue weighted by Crippen LogP contribution is 2.22. The van der Waals surface area contributed by atoms with Crippen LogP contribution in [-0.4, -0.2) is 36.5 Å². The third-order valence-corrected chi connectivity index (χ3v) is 4.16. The minimum Gasteiger partial charge on any atom is -0.329 e. The molecule has 4 heteroatoms. The van der Waals surface area contributed by atoms with Gasteiger partial charge < -0.3 is 11.1 Å². The van der Waals surface area contributed by atoms with Gasteiger partial charge in [-0.2, -0.15) is 0 Å². The van der Waals surface area contributed by atoms with Crippen LogP contribution in [0, 0.1) is 6.92 Å². The standard InChI is InChI=1S/C17H27N3O/c1-14-6-5-7-15(12-14)19-17(21)13-20(11-10-18)16-8-3-2-4-9-16/h5-7,12,16H,2-4,8-11,13,18H2,1H3,(H,19,21). The molecule has 0 radical (unpaired) electrons. The molecule has 2 rings (SSSR count). The number of hydrogen-bond donors (Lipinski definition) is 2. The van der Waals surface area contributed by atoms with Crippen LogP contribution < -0.4 is 11.1 Å². The number of carbonyl (C=O) groups is 1. The zero-order valence-corrected chi connectivity index (χ0v) is 13.0. The topological polar surface area (TPSA) is 58.4 Å². The molecule has 0 saturated heterocycles. The second-order valence-corrected chi connectivity index (χ2v) is 5.97. The predicted octanol–water partition coefficient (Wildman–Crippen LogP) is 2.53. The first-order chi connectivity index (χ1) is 10.2. The minimum atomic E-state index is 0.0552. The maximum absolute atomic E-state index is 12.3. The number of nitrogens with two attached hydrogens (primary N) is 1. The number of amides is 1. The molecule has 4 nitrogen and oxygen atoms in total. The molecule has 0 unspecified atom stereocenters. The van der Waals surface area contributed by atoms with E-state index in [2.05, 4.69) is 10.2 Å². The number of benzene rings is 1. The van der Waals surface area contributed by atoms with Crippen molar-refractivity contribution in [1.82, 2.24) is 4.90 Å². The van der Waals surface area contributed by atoms with E-state index in [1.165, 1.54) is 32.1 Å². The molecule has 1 aromatic rings. The molecule has 0 atom stereocenters. The summed E-state index contributed by atoms with van der Waals surface area (Å²) < 4.78 is 0. The number of rotatable bonds is 6. The third-order valence-electron chi connectivity index (χ3n) is 4.16. The van der Waals surface area contributed by atoms with E-state index in [9.17, 15) is 4.79 Å². The Morgan fingerprint density at radius 2 is 2.10 bits per heavy atom. The molecule has 0 bridgehead atoms. The van der Waals surface area contributed by atoms with Gasteiger partial charge in [0.2, 0.25) is 5.91 Å². The van der Waals surface area contributed by atoms with Crippen molar-refractivity contribution in [2.45, 2.75) is 45.1 Å². The van der Waals surface area contributed by atoms with Crippen molar-refractivity contribution < 1.29 is 4.79 Å². The van der Waals surface area contributed by atoms with Gasteiger partial charge in [-0.25, -0.2) is 0 Å². The normalized spacial score (nSPS) is 16.1. The molecule has 1 aliphatic carbocycles. The van der Waals surface area contributed by atoms with E-state index in [0.717, 1.165) is 17.8 Å². The molecule has 1 aliphatic rings. The van der Waals surface area contributed by atoms with Crippen molar-refractivity contribution in [3.8, 4) is 0 Å². The summed E-state index contributed by atoms with van der Waals surface area (Å²) >= 11 is 0. The van der Waals surface area contributed by atoms with Crippen LogP contribution in [0.5, 0.6) is 0 Å². The fraction of sp³-hybridized carbons (Fsp3) is 0.588. The molecule has 1 fully saturated rings. The van der Waals surface area contributed by atoms with Gasteiger partial charge in [0.25, 0.3) is 0 Å². The monoisotopic (exact) mass is 289 g/mol. The van der Waals surface area contributed by atoms with Gasteiger partial charge in [0.05, 0.1) is 6.54 Å². The highest BCUT2D eigenvalue weighted by Gasteiger charge is 2.22. The second-order valence-electron chi connectivity index (χ2n) is 5.97. The van der Waals surface area contributed by atoms with Crippen LogP contribution in [0.2, 0.25) is 0 Å². The zero-order chi connectivity index (χ0) is 15.1. The number of nitrogens with one attached hydrogen (secondary N) is 1. The van der Waals surface area contributed by atoms with E-state index in [1.54, 1.807) is 0 Å². The van der Waals surface area contributed by atoms with Crippen molar-refractivity contribution in [3.63, 3.8) is 0 Å². The van der Waals surface area contributed by atoms with E-state index in [0.29, 0.717) is 19.1 Å². The molecule has 0 heterocycles. The Morgan fingerprint density at radius 3 is 2.76 bits per heavy atom. The van der Waals surface area contributed by atoms with Crippen LogP contribution >= 0.6 is 0 Å². The van der Waals surface area contributed by atoms with E-state index in [-0.39, 0.29) is 5.91 Å². The molecule has 21 heavy (non-hydrogen) atoms. The Bertz CT molecular complexity index is 455. The van der Waals surface area contributed by atoms with Crippen molar-refractivity contribution in [1.29, 1.82) is 0 Å². The van der Waals surface area contributed by atoms with Gasteiger partial charge in [-0.05, 0) is 37.5 Å². The van der Waals surface area contributed by atoms with E-state index in [1.807, 2.05) is 31.2 Å². The Morgan fingerprint density at radius 1 is 1.33 bits per heavy atom. The van der Waals surface area contributed by atoms with E-state index < -0.39 is 0 Å². The first kappa shape index (κ1) is 16.0. The molecule has 116 valence electrons. The number of aryl methyl sites for hydroxylation is 1. The summed E-state index contributed by atoms with van der Waals surface area (Å²) in [6.45, 7) is 3.87. The number of carbonyl (C=O) groups excluding carboxylic acids is 1. The summed E-state index contributed by atoms with van der Waals surface area (Å²) in [6, 6.07) is 8.43. The molecule has 1 amide bonds. The largest absolute Gasteiger partial charge is 0.329 e. The molecule has 3 N–H and O–H groups in total. The highest BCUT2D eigenvalue weighted by atomic mass is 16.2. The first-order valence-electron chi connectivity index (χ1n) is 7.99. The van der Waals surface area contributed by atoms with Crippen LogP contribution in [0.25, 0.3) is 0 Å². The maximum atomic E-state index is 12.3. The van der Waals surface area contributed by atoms with Gasteiger partial charge in [-0.3, -0.25) is 9.69 Å². The number of hydrogen-bond acceptors (Lipinski definition) is 3. The Kier molecular flexibility index (Phi) is 6.21. The molecule has 1 aromatic carbocycles. The molecule has 0 spiro atoms. The van der Waals surface area contributed by atoms with Crippen LogP contribution in [0.4, 0.5) is 5.69 Å². The van der Waals surface area contributed by atoms with Crippen LogP contribution in [0.1, 0.15) is 37.7 Å². The Balaban J connectivity index is 1.91. The third kappa shape index (κ3) is 5.14. The summed E-state index contributed by atoms with van der Waals surface area (Å²) in [5.74, 6) is 0.0552. The number of nitrogens with zero attached hydrogens (tertiary/aromatic N) is 1. The highest BCUT2D eigenvalue weighted by molar-refractivity contribution is 5.92. The average molecular weight is 289 g/mol. The smallest absolute Gasteiger partial charge is 0.238 e. The molecule has 0 aromatic heterocycles. The summed E-state index contributed by atoms with van der Waals surface area (Å²) in [5.41, 5.74) is 7.73. The van der Waals surface area contributed by atoms with E-state index >= 15 is 0 Å². The van der Waals surface area contributed by atoms with Gasteiger partial charge in [-0.15, -0.1) is 0 Å². The first-order valence-corrected chi connectivity index (χ1v) is 7.99. The molecule has 1 saturated carbocycles. The second kappa shape index (κ2) is 8.15. The van der Waals surface area contributed by atoms with Gasteiger partial charge in [0.15, 0.2) is 0 Å². The van der Waals surface area contributed by atoms with E-state index in [4.69, 9.17) is 5.73 Å². The lowest BCUT2D eigenvalue weighted by molar-refractivity contribution is -0.118. The quantitative estimate of drug-likeness (QED) is 0.846. The van der Waals surface area contributed by atoms with Crippen molar-refractivity contribution in [3.05, 3.63) is 29.8 Å². The van der Waals surface area contributed by atoms with Gasteiger partial charge in [0.1, 0.15) is 0 Å². The fourth-order valence-electron chi connectivity index (χ4n) is 3.11. The average Bonchev–Trinajstić information content (AvgIpc) is 2.47. The van der Waals surface area contributed by atoms with Gasteiger partial charge in [0, 0.05) is 24.8 Å². The van der Waals surface area contributed by atoms with Crippen molar-refractivity contribution in [2.24, 2.45) is 5.73 Å². The lowest BCUT2D eigenvalue weighted by Gasteiger charge is -2.33.